The largest absolute Gasteiger partial charge is 0.497 e. The SMILES string of the molecule is CCC(C)c1ccc(Nc2nc3ccccc3nc2NS(=O)(=O)c2ccc(OC)cc2)cc1. The van der Waals surface area contributed by atoms with E-state index in [0.717, 1.165) is 12.1 Å². The third-order valence-electron chi connectivity index (χ3n) is 5.53. The van der Waals surface area contributed by atoms with Crippen LogP contribution in [0.5, 0.6) is 5.75 Å². The monoisotopic (exact) mass is 462 g/mol. The number of methoxy groups -OCH3 is 1. The van der Waals surface area contributed by atoms with E-state index in [4.69, 9.17) is 4.74 Å². The van der Waals surface area contributed by atoms with Gasteiger partial charge in [-0.25, -0.2) is 18.4 Å². The van der Waals surface area contributed by atoms with Crippen molar-refractivity contribution in [3.05, 3.63) is 78.4 Å². The van der Waals surface area contributed by atoms with Crippen LogP contribution in [0.15, 0.2) is 77.7 Å². The first kappa shape index (κ1) is 22.5. The van der Waals surface area contributed by atoms with Crippen LogP contribution in [0, 0.1) is 0 Å². The molecule has 1 unspecified atom stereocenters. The zero-order valence-corrected chi connectivity index (χ0v) is 19.6. The molecule has 2 N–H and O–H groups in total. The van der Waals surface area contributed by atoms with Crippen LogP contribution in [-0.2, 0) is 10.0 Å². The molecule has 0 bridgehead atoms. The van der Waals surface area contributed by atoms with E-state index in [1.54, 1.807) is 18.2 Å². The van der Waals surface area contributed by atoms with Crippen LogP contribution in [0.2, 0.25) is 0 Å². The number of hydrogen-bond acceptors (Lipinski definition) is 6. The van der Waals surface area contributed by atoms with Gasteiger partial charge in [-0.05, 0) is 66.4 Å². The lowest BCUT2D eigenvalue weighted by Crippen LogP contribution is -2.16. The van der Waals surface area contributed by atoms with Gasteiger partial charge in [0.15, 0.2) is 11.6 Å². The van der Waals surface area contributed by atoms with Gasteiger partial charge >= 0.3 is 0 Å². The summed E-state index contributed by atoms with van der Waals surface area (Å²) in [6, 6.07) is 21.5. The highest BCUT2D eigenvalue weighted by Crippen LogP contribution is 2.28. The van der Waals surface area contributed by atoms with Gasteiger partial charge in [0.2, 0.25) is 0 Å². The number of para-hydroxylation sites is 2. The molecule has 0 saturated carbocycles. The summed E-state index contributed by atoms with van der Waals surface area (Å²) in [6.07, 6.45) is 1.06. The summed E-state index contributed by atoms with van der Waals surface area (Å²) in [4.78, 5) is 9.26. The molecule has 0 aliphatic carbocycles. The number of nitrogens with zero attached hydrogens (tertiary/aromatic N) is 2. The quantitative estimate of drug-likeness (QED) is 0.349. The predicted molar refractivity (Wildman–Crippen MR) is 132 cm³/mol. The lowest BCUT2D eigenvalue weighted by molar-refractivity contribution is 0.414. The number of sulfonamides is 1. The lowest BCUT2D eigenvalue weighted by atomic mass is 9.99. The summed E-state index contributed by atoms with van der Waals surface area (Å²) in [5.74, 6) is 1.48. The van der Waals surface area contributed by atoms with E-state index in [1.807, 2.05) is 30.3 Å². The van der Waals surface area contributed by atoms with Crippen LogP contribution in [0.25, 0.3) is 11.0 Å². The molecule has 170 valence electrons. The highest BCUT2D eigenvalue weighted by Gasteiger charge is 2.19. The van der Waals surface area contributed by atoms with Gasteiger partial charge in [-0.15, -0.1) is 0 Å². The van der Waals surface area contributed by atoms with E-state index >= 15 is 0 Å². The molecule has 0 aliphatic rings. The highest BCUT2D eigenvalue weighted by atomic mass is 32.2. The maximum absolute atomic E-state index is 13.0. The number of rotatable bonds is 8. The maximum Gasteiger partial charge on any atom is 0.263 e. The first-order valence-corrected chi connectivity index (χ1v) is 12.2. The summed E-state index contributed by atoms with van der Waals surface area (Å²) in [6.45, 7) is 4.34. The van der Waals surface area contributed by atoms with E-state index in [2.05, 4.69) is 46.0 Å². The fourth-order valence-electron chi connectivity index (χ4n) is 3.37. The molecule has 1 heterocycles. The average Bonchev–Trinajstić information content (AvgIpc) is 2.84. The van der Waals surface area contributed by atoms with E-state index < -0.39 is 10.0 Å². The van der Waals surface area contributed by atoms with Crippen LogP contribution >= 0.6 is 0 Å². The molecular weight excluding hydrogens is 436 g/mol. The number of anilines is 3. The van der Waals surface area contributed by atoms with Crippen molar-refractivity contribution in [2.24, 2.45) is 0 Å². The number of fused-ring (bicyclic) bond motifs is 1. The molecule has 0 radical (unpaired) electrons. The van der Waals surface area contributed by atoms with Crippen molar-refractivity contribution in [1.82, 2.24) is 9.97 Å². The maximum atomic E-state index is 13.0. The molecule has 3 aromatic carbocycles. The zero-order valence-electron chi connectivity index (χ0n) is 18.7. The molecule has 8 heteroatoms. The van der Waals surface area contributed by atoms with Gasteiger partial charge in [0.1, 0.15) is 5.75 Å². The van der Waals surface area contributed by atoms with E-state index in [0.29, 0.717) is 28.5 Å². The Balaban J connectivity index is 1.70. The Morgan fingerprint density at radius 2 is 1.48 bits per heavy atom. The first-order chi connectivity index (χ1) is 15.9. The van der Waals surface area contributed by atoms with Gasteiger partial charge in [-0.2, -0.15) is 0 Å². The molecule has 0 aliphatic heterocycles. The molecule has 1 atom stereocenters. The molecule has 1 aromatic heterocycles. The topological polar surface area (TPSA) is 93.2 Å². The third-order valence-corrected chi connectivity index (χ3v) is 6.88. The Morgan fingerprint density at radius 1 is 0.879 bits per heavy atom. The minimum absolute atomic E-state index is 0.0992. The van der Waals surface area contributed by atoms with Crippen LogP contribution in [0.1, 0.15) is 31.7 Å². The zero-order chi connectivity index (χ0) is 23.4. The Hall–Kier alpha value is -3.65. The molecule has 4 rings (SSSR count). The Bertz CT molecular complexity index is 1360. The van der Waals surface area contributed by atoms with Crippen LogP contribution in [-0.4, -0.2) is 25.5 Å². The normalized spacial score (nSPS) is 12.3. The van der Waals surface area contributed by atoms with Gasteiger partial charge in [0.05, 0.1) is 23.0 Å². The number of aromatic nitrogens is 2. The summed E-state index contributed by atoms with van der Waals surface area (Å²) in [5.41, 5.74) is 3.27. The lowest BCUT2D eigenvalue weighted by Gasteiger charge is -2.15. The van der Waals surface area contributed by atoms with Crippen LogP contribution in [0.4, 0.5) is 17.3 Å². The van der Waals surface area contributed by atoms with Crippen molar-refractivity contribution >= 4 is 38.4 Å². The van der Waals surface area contributed by atoms with Gasteiger partial charge in [0.25, 0.3) is 10.0 Å². The summed E-state index contributed by atoms with van der Waals surface area (Å²) < 4.78 is 33.8. The summed E-state index contributed by atoms with van der Waals surface area (Å²) in [5, 5.41) is 3.22. The number of hydrogen-bond donors (Lipinski definition) is 2. The smallest absolute Gasteiger partial charge is 0.263 e. The minimum Gasteiger partial charge on any atom is -0.497 e. The fourth-order valence-corrected chi connectivity index (χ4v) is 4.38. The molecule has 0 amide bonds. The van der Waals surface area contributed by atoms with Gasteiger partial charge in [-0.1, -0.05) is 38.1 Å². The molecule has 0 saturated heterocycles. The predicted octanol–water partition coefficient (Wildman–Crippen LogP) is 5.70. The fraction of sp³-hybridized carbons (Fsp3) is 0.200. The van der Waals surface area contributed by atoms with Crippen LogP contribution in [0.3, 0.4) is 0 Å². The van der Waals surface area contributed by atoms with Crippen molar-refractivity contribution < 1.29 is 13.2 Å². The second-order valence-corrected chi connectivity index (χ2v) is 9.43. The van der Waals surface area contributed by atoms with Crippen molar-refractivity contribution in [1.29, 1.82) is 0 Å². The third kappa shape index (κ3) is 5.06. The molecule has 4 aromatic rings. The van der Waals surface area contributed by atoms with Crippen LogP contribution < -0.4 is 14.8 Å². The number of nitrogens with one attached hydrogen (secondary N) is 2. The molecule has 0 fully saturated rings. The Morgan fingerprint density at radius 3 is 2.06 bits per heavy atom. The molecule has 7 nitrogen and oxygen atoms in total. The second kappa shape index (κ2) is 9.46. The van der Waals surface area contributed by atoms with Gasteiger partial charge in [-0.3, -0.25) is 4.72 Å². The minimum atomic E-state index is -3.89. The molecule has 33 heavy (non-hydrogen) atoms. The molecule has 0 spiro atoms. The first-order valence-electron chi connectivity index (χ1n) is 10.7. The van der Waals surface area contributed by atoms with Gasteiger partial charge < -0.3 is 10.1 Å². The van der Waals surface area contributed by atoms with Crippen molar-refractivity contribution in [2.75, 3.05) is 17.1 Å². The molecular formula is C25H26N4O3S. The van der Waals surface area contributed by atoms with E-state index in [9.17, 15) is 8.42 Å². The summed E-state index contributed by atoms with van der Waals surface area (Å²) >= 11 is 0. The Labute approximate surface area is 193 Å². The standard InChI is InChI=1S/C25H26N4O3S/c1-4-17(2)18-9-11-19(12-10-18)26-24-25(28-23-8-6-5-7-22(23)27-24)29-33(30,31)21-15-13-20(32-3)14-16-21/h5-17H,4H2,1-3H3,(H,26,27)(H,28,29). The van der Waals surface area contributed by atoms with Crippen molar-refractivity contribution in [2.45, 2.75) is 31.1 Å². The van der Waals surface area contributed by atoms with E-state index in [-0.39, 0.29) is 10.7 Å². The number of ether oxygens (including phenoxy) is 1. The number of benzene rings is 3. The summed E-state index contributed by atoms with van der Waals surface area (Å²) in [7, 11) is -2.36. The second-order valence-electron chi connectivity index (χ2n) is 7.75. The van der Waals surface area contributed by atoms with Crippen molar-refractivity contribution in [3.8, 4) is 5.75 Å². The van der Waals surface area contributed by atoms with E-state index in [1.165, 1.54) is 24.8 Å². The van der Waals surface area contributed by atoms with Gasteiger partial charge in [0, 0.05) is 5.69 Å². The average molecular weight is 463 g/mol. The highest BCUT2D eigenvalue weighted by molar-refractivity contribution is 7.92. The van der Waals surface area contributed by atoms with Crippen molar-refractivity contribution in [3.63, 3.8) is 0 Å². The Kier molecular flexibility index (Phi) is 6.46.